The first-order chi connectivity index (χ1) is 9.15. The monoisotopic (exact) mass is 257 g/mol. The molecule has 0 amide bonds. The molecule has 0 N–H and O–H groups in total. The molecule has 102 valence electrons. The number of anilines is 1. The van der Waals surface area contributed by atoms with Crippen molar-refractivity contribution in [3.05, 3.63) is 29.3 Å². The molecule has 1 aromatic carbocycles. The lowest BCUT2D eigenvalue weighted by atomic mass is 10.0. The number of piperidine rings is 1. The third kappa shape index (κ3) is 3.08. The molecule has 0 atom stereocenters. The van der Waals surface area contributed by atoms with Gasteiger partial charge in [-0.3, -0.25) is 0 Å². The molecule has 3 heteroatoms. The van der Waals surface area contributed by atoms with Crippen LogP contribution in [0.3, 0.4) is 0 Å². The average Bonchev–Trinajstić information content (AvgIpc) is 2.46. The van der Waals surface area contributed by atoms with Crippen molar-refractivity contribution in [2.75, 3.05) is 32.1 Å². The van der Waals surface area contributed by atoms with Crippen molar-refractivity contribution >= 4 is 5.69 Å². The van der Waals surface area contributed by atoms with Crippen molar-refractivity contribution in [1.29, 1.82) is 5.26 Å². The Kier molecular flexibility index (Phi) is 4.44. The van der Waals surface area contributed by atoms with Gasteiger partial charge < -0.3 is 9.80 Å². The van der Waals surface area contributed by atoms with E-state index in [1.807, 2.05) is 6.07 Å². The molecule has 0 bridgehead atoms. The van der Waals surface area contributed by atoms with Crippen LogP contribution in [0.15, 0.2) is 18.2 Å². The quantitative estimate of drug-likeness (QED) is 0.834. The summed E-state index contributed by atoms with van der Waals surface area (Å²) < 4.78 is 0. The van der Waals surface area contributed by atoms with E-state index in [1.165, 1.54) is 18.4 Å². The van der Waals surface area contributed by atoms with Crippen molar-refractivity contribution in [2.45, 2.75) is 32.2 Å². The van der Waals surface area contributed by atoms with Crippen molar-refractivity contribution in [2.24, 2.45) is 0 Å². The molecule has 3 nitrogen and oxygen atoms in total. The summed E-state index contributed by atoms with van der Waals surface area (Å²) in [6.07, 6.45) is 3.33. The second-order valence-electron chi connectivity index (χ2n) is 5.50. The Morgan fingerprint density at radius 1 is 1.32 bits per heavy atom. The smallest absolute Gasteiger partial charge is 0.101 e. The summed E-state index contributed by atoms with van der Waals surface area (Å²) in [6, 6.07) is 9.33. The van der Waals surface area contributed by atoms with Crippen LogP contribution in [-0.4, -0.2) is 38.1 Å². The van der Waals surface area contributed by atoms with Crippen LogP contribution >= 0.6 is 0 Å². The molecular formula is C16H23N3. The first-order valence-corrected chi connectivity index (χ1v) is 7.10. The molecule has 1 aliphatic heterocycles. The summed E-state index contributed by atoms with van der Waals surface area (Å²) >= 11 is 0. The van der Waals surface area contributed by atoms with Gasteiger partial charge in [-0.2, -0.15) is 5.26 Å². The molecule has 1 heterocycles. The summed E-state index contributed by atoms with van der Waals surface area (Å²) in [4.78, 5) is 4.67. The van der Waals surface area contributed by atoms with E-state index in [0.717, 1.165) is 30.8 Å². The minimum atomic E-state index is 0.678. The molecule has 19 heavy (non-hydrogen) atoms. The highest BCUT2D eigenvalue weighted by Crippen LogP contribution is 2.26. The molecule has 0 spiro atoms. The van der Waals surface area contributed by atoms with Gasteiger partial charge in [-0.25, -0.2) is 0 Å². The Morgan fingerprint density at radius 3 is 2.53 bits per heavy atom. The van der Waals surface area contributed by atoms with E-state index < -0.39 is 0 Å². The summed E-state index contributed by atoms with van der Waals surface area (Å²) in [6.45, 7) is 4.21. The Balaban J connectivity index is 2.13. The molecule has 0 radical (unpaired) electrons. The van der Waals surface area contributed by atoms with Crippen LogP contribution in [0.4, 0.5) is 5.69 Å². The van der Waals surface area contributed by atoms with Crippen molar-refractivity contribution < 1.29 is 0 Å². The van der Waals surface area contributed by atoms with E-state index in [1.54, 1.807) is 0 Å². The van der Waals surface area contributed by atoms with Crippen molar-refractivity contribution in [1.82, 2.24) is 4.90 Å². The van der Waals surface area contributed by atoms with Gasteiger partial charge in [0.15, 0.2) is 0 Å². The van der Waals surface area contributed by atoms with E-state index >= 15 is 0 Å². The Morgan fingerprint density at radius 2 is 2.00 bits per heavy atom. The molecule has 1 aliphatic rings. The van der Waals surface area contributed by atoms with E-state index in [2.05, 4.69) is 49.0 Å². The third-order valence-corrected chi connectivity index (χ3v) is 4.13. The molecule has 1 fully saturated rings. The van der Waals surface area contributed by atoms with Crippen LogP contribution in [0.1, 0.15) is 30.9 Å². The zero-order chi connectivity index (χ0) is 13.8. The third-order valence-electron chi connectivity index (χ3n) is 4.13. The van der Waals surface area contributed by atoms with Gasteiger partial charge in [-0.1, -0.05) is 13.0 Å². The number of nitrogens with zero attached hydrogens (tertiary/aromatic N) is 3. The SMILES string of the molecule is CCc1ccc(N2CCC(N(C)C)CC2)c(C#N)c1. The van der Waals surface area contributed by atoms with E-state index in [-0.39, 0.29) is 0 Å². The maximum Gasteiger partial charge on any atom is 0.101 e. The fourth-order valence-corrected chi connectivity index (χ4v) is 2.79. The summed E-state index contributed by atoms with van der Waals surface area (Å²) in [7, 11) is 4.30. The average molecular weight is 257 g/mol. The summed E-state index contributed by atoms with van der Waals surface area (Å²) in [5, 5.41) is 9.32. The van der Waals surface area contributed by atoms with Crippen LogP contribution in [0.25, 0.3) is 0 Å². The van der Waals surface area contributed by atoms with Crippen LogP contribution in [0, 0.1) is 11.3 Å². The first kappa shape index (κ1) is 13.9. The van der Waals surface area contributed by atoms with Gasteiger partial charge in [-0.15, -0.1) is 0 Å². The largest absolute Gasteiger partial charge is 0.370 e. The first-order valence-electron chi connectivity index (χ1n) is 7.10. The standard InChI is InChI=1S/C16H23N3/c1-4-13-5-6-16(14(11-13)12-17)19-9-7-15(8-10-19)18(2)3/h5-6,11,15H,4,7-10H2,1-3H3. The highest BCUT2D eigenvalue weighted by atomic mass is 15.2. The summed E-state index contributed by atoms with van der Waals surface area (Å²) in [5.74, 6) is 0. The Labute approximate surface area is 116 Å². The van der Waals surface area contributed by atoms with E-state index in [0.29, 0.717) is 6.04 Å². The predicted octanol–water partition coefficient (Wildman–Crippen LogP) is 2.65. The highest BCUT2D eigenvalue weighted by molar-refractivity contribution is 5.60. The van der Waals surface area contributed by atoms with Gasteiger partial charge in [0.25, 0.3) is 0 Å². The zero-order valence-electron chi connectivity index (χ0n) is 12.2. The molecule has 1 aromatic rings. The number of aryl methyl sites for hydroxylation is 1. The Hall–Kier alpha value is -1.53. The van der Waals surface area contributed by atoms with Crippen molar-refractivity contribution in [3.63, 3.8) is 0 Å². The summed E-state index contributed by atoms with van der Waals surface area (Å²) in [5.41, 5.74) is 3.17. The van der Waals surface area contributed by atoms with Crippen molar-refractivity contribution in [3.8, 4) is 6.07 Å². The second-order valence-corrected chi connectivity index (χ2v) is 5.50. The van der Waals surface area contributed by atoms with Gasteiger partial charge in [-0.05, 0) is 51.1 Å². The second kappa shape index (κ2) is 6.08. The minimum absolute atomic E-state index is 0.678. The molecule has 0 saturated carbocycles. The molecule has 0 unspecified atom stereocenters. The fraction of sp³-hybridized carbons (Fsp3) is 0.562. The normalized spacial score (nSPS) is 16.7. The highest BCUT2D eigenvalue weighted by Gasteiger charge is 2.22. The molecule has 0 aliphatic carbocycles. The fourth-order valence-electron chi connectivity index (χ4n) is 2.79. The predicted molar refractivity (Wildman–Crippen MR) is 79.5 cm³/mol. The van der Waals surface area contributed by atoms with Crippen LogP contribution in [0.5, 0.6) is 0 Å². The van der Waals surface area contributed by atoms with Crippen LogP contribution in [-0.2, 0) is 6.42 Å². The maximum atomic E-state index is 9.32. The molecule has 1 saturated heterocycles. The molecule has 0 aromatic heterocycles. The maximum absolute atomic E-state index is 9.32. The number of nitriles is 1. The van der Waals surface area contributed by atoms with E-state index in [9.17, 15) is 5.26 Å². The van der Waals surface area contributed by atoms with Crippen LogP contribution in [0.2, 0.25) is 0 Å². The zero-order valence-corrected chi connectivity index (χ0v) is 12.2. The van der Waals surface area contributed by atoms with E-state index in [4.69, 9.17) is 0 Å². The molecule has 2 rings (SSSR count). The Bertz CT molecular complexity index is 465. The lowest BCUT2D eigenvalue weighted by Crippen LogP contribution is -2.42. The van der Waals surface area contributed by atoms with Gasteiger partial charge in [0, 0.05) is 19.1 Å². The lowest BCUT2D eigenvalue weighted by Gasteiger charge is -2.36. The number of hydrogen-bond donors (Lipinski definition) is 0. The number of hydrogen-bond acceptors (Lipinski definition) is 3. The number of benzene rings is 1. The van der Waals surface area contributed by atoms with Gasteiger partial charge in [0.1, 0.15) is 6.07 Å². The lowest BCUT2D eigenvalue weighted by molar-refractivity contribution is 0.249. The van der Waals surface area contributed by atoms with Gasteiger partial charge in [0.2, 0.25) is 0 Å². The minimum Gasteiger partial charge on any atom is -0.370 e. The topological polar surface area (TPSA) is 30.3 Å². The van der Waals surface area contributed by atoms with Crippen LogP contribution < -0.4 is 4.90 Å². The van der Waals surface area contributed by atoms with Gasteiger partial charge >= 0.3 is 0 Å². The van der Waals surface area contributed by atoms with Gasteiger partial charge in [0.05, 0.1) is 11.3 Å². The molecular weight excluding hydrogens is 234 g/mol. The number of rotatable bonds is 3.